The molecule has 2 N–H and O–H groups in total. The Balaban J connectivity index is 1.87. The molecule has 0 saturated carbocycles. The van der Waals surface area contributed by atoms with E-state index >= 15 is 0 Å². The second-order valence-electron chi connectivity index (χ2n) is 10.1. The van der Waals surface area contributed by atoms with E-state index in [2.05, 4.69) is 29.4 Å². The molecule has 29 heavy (non-hydrogen) atoms. The van der Waals surface area contributed by atoms with Crippen LogP contribution in [-0.4, -0.2) is 61.1 Å². The molecule has 1 amide bonds. The standard InChI is InChI=1S/C23H43N3O3/c1-6-7-8-9-12-26-13-10-19(11-14-26)25-21(28)23(17-24-16-18(23)2)15-20(27)29-22(3,4)5/h18-19,24H,6-17H2,1-5H3,(H,25,28)/t18-,23-/m0/s1. The maximum atomic E-state index is 13.3. The average molecular weight is 410 g/mol. The van der Waals surface area contributed by atoms with Gasteiger partial charge in [-0.25, -0.2) is 0 Å². The lowest BCUT2D eigenvalue weighted by atomic mass is 9.75. The normalized spacial score (nSPS) is 26.4. The Labute approximate surface area is 177 Å². The van der Waals surface area contributed by atoms with Gasteiger partial charge in [0.15, 0.2) is 0 Å². The molecule has 2 fully saturated rings. The molecule has 2 heterocycles. The molecule has 0 radical (unpaired) electrons. The quantitative estimate of drug-likeness (QED) is 0.452. The fourth-order valence-electron chi connectivity index (χ4n) is 4.53. The van der Waals surface area contributed by atoms with Crippen LogP contribution in [0.1, 0.15) is 79.6 Å². The van der Waals surface area contributed by atoms with E-state index < -0.39 is 11.0 Å². The lowest BCUT2D eigenvalue weighted by molar-refractivity contribution is -0.161. The molecular weight excluding hydrogens is 366 g/mol. The van der Waals surface area contributed by atoms with Crippen LogP contribution in [0.25, 0.3) is 0 Å². The van der Waals surface area contributed by atoms with E-state index in [1.807, 2.05) is 20.8 Å². The number of hydrogen-bond acceptors (Lipinski definition) is 5. The monoisotopic (exact) mass is 409 g/mol. The molecule has 2 atom stereocenters. The van der Waals surface area contributed by atoms with Crippen LogP contribution in [0.5, 0.6) is 0 Å². The first kappa shape index (κ1) is 24.1. The second-order valence-corrected chi connectivity index (χ2v) is 10.1. The zero-order valence-corrected chi connectivity index (χ0v) is 19.3. The highest BCUT2D eigenvalue weighted by molar-refractivity contribution is 5.88. The number of piperidine rings is 1. The molecule has 0 spiro atoms. The first-order valence-electron chi connectivity index (χ1n) is 11.6. The summed E-state index contributed by atoms with van der Waals surface area (Å²) in [6.45, 7) is 14.4. The molecule has 0 aromatic carbocycles. The first-order chi connectivity index (χ1) is 13.7. The van der Waals surface area contributed by atoms with Gasteiger partial charge in [0.05, 0.1) is 11.8 Å². The fourth-order valence-corrected chi connectivity index (χ4v) is 4.53. The van der Waals surface area contributed by atoms with Crippen LogP contribution in [0.4, 0.5) is 0 Å². The number of likely N-dealkylation sites (tertiary alicyclic amines) is 1. The van der Waals surface area contributed by atoms with E-state index in [-0.39, 0.29) is 30.3 Å². The van der Waals surface area contributed by atoms with Gasteiger partial charge in [-0.05, 0) is 59.0 Å². The molecule has 0 unspecified atom stereocenters. The Morgan fingerprint density at radius 3 is 2.41 bits per heavy atom. The Morgan fingerprint density at radius 2 is 1.86 bits per heavy atom. The minimum atomic E-state index is -0.709. The highest BCUT2D eigenvalue weighted by Gasteiger charge is 2.49. The van der Waals surface area contributed by atoms with Gasteiger partial charge < -0.3 is 20.3 Å². The highest BCUT2D eigenvalue weighted by atomic mass is 16.6. The summed E-state index contributed by atoms with van der Waals surface area (Å²) in [6, 6.07) is 0.206. The van der Waals surface area contributed by atoms with Crippen molar-refractivity contribution in [1.82, 2.24) is 15.5 Å². The predicted octanol–water partition coefficient (Wildman–Crippen LogP) is 3.10. The summed E-state index contributed by atoms with van der Waals surface area (Å²) < 4.78 is 5.53. The summed E-state index contributed by atoms with van der Waals surface area (Å²) in [5.41, 5.74) is -1.24. The summed E-state index contributed by atoms with van der Waals surface area (Å²) in [5.74, 6) is -0.166. The first-order valence-corrected chi connectivity index (χ1v) is 11.6. The summed E-state index contributed by atoms with van der Waals surface area (Å²) in [4.78, 5) is 28.3. The summed E-state index contributed by atoms with van der Waals surface area (Å²) >= 11 is 0. The molecule has 0 aromatic heterocycles. The van der Waals surface area contributed by atoms with Gasteiger partial charge in [0, 0.05) is 25.7 Å². The lowest BCUT2D eigenvalue weighted by Crippen LogP contribution is -2.53. The second kappa shape index (κ2) is 10.8. The van der Waals surface area contributed by atoms with Gasteiger partial charge in [-0.1, -0.05) is 33.1 Å². The lowest BCUT2D eigenvalue weighted by Gasteiger charge is -2.36. The predicted molar refractivity (Wildman–Crippen MR) is 117 cm³/mol. The number of rotatable bonds is 9. The van der Waals surface area contributed by atoms with Crippen molar-refractivity contribution in [1.29, 1.82) is 0 Å². The number of ether oxygens (including phenoxy) is 1. The van der Waals surface area contributed by atoms with Crippen molar-refractivity contribution >= 4 is 11.9 Å². The third-order valence-corrected chi connectivity index (χ3v) is 6.42. The van der Waals surface area contributed by atoms with Gasteiger partial charge in [0.2, 0.25) is 5.91 Å². The maximum absolute atomic E-state index is 13.3. The number of amides is 1. The van der Waals surface area contributed by atoms with Crippen LogP contribution >= 0.6 is 0 Å². The van der Waals surface area contributed by atoms with Crippen molar-refractivity contribution in [2.75, 3.05) is 32.7 Å². The highest BCUT2D eigenvalue weighted by Crippen LogP contribution is 2.36. The van der Waals surface area contributed by atoms with Gasteiger partial charge in [-0.3, -0.25) is 9.59 Å². The topological polar surface area (TPSA) is 70.7 Å². The van der Waals surface area contributed by atoms with E-state index in [9.17, 15) is 9.59 Å². The molecule has 0 aromatic rings. The van der Waals surface area contributed by atoms with Crippen molar-refractivity contribution in [2.45, 2.75) is 91.2 Å². The number of carbonyl (C=O) groups is 2. The Kier molecular flexibility index (Phi) is 8.95. The van der Waals surface area contributed by atoms with Gasteiger partial charge in [-0.2, -0.15) is 0 Å². The molecule has 2 saturated heterocycles. The Hall–Kier alpha value is -1.14. The maximum Gasteiger partial charge on any atom is 0.307 e. The van der Waals surface area contributed by atoms with Gasteiger partial charge in [0.1, 0.15) is 5.60 Å². The van der Waals surface area contributed by atoms with Crippen LogP contribution in [-0.2, 0) is 14.3 Å². The Morgan fingerprint density at radius 1 is 1.17 bits per heavy atom. The zero-order valence-electron chi connectivity index (χ0n) is 19.3. The van der Waals surface area contributed by atoms with Crippen molar-refractivity contribution in [2.24, 2.45) is 11.3 Å². The van der Waals surface area contributed by atoms with E-state index in [0.29, 0.717) is 6.54 Å². The molecule has 168 valence electrons. The molecule has 6 heteroatoms. The van der Waals surface area contributed by atoms with E-state index in [4.69, 9.17) is 4.74 Å². The van der Waals surface area contributed by atoms with Crippen molar-refractivity contribution < 1.29 is 14.3 Å². The Bertz CT molecular complexity index is 538. The fraction of sp³-hybridized carbons (Fsp3) is 0.913. The van der Waals surface area contributed by atoms with E-state index in [1.54, 1.807) is 0 Å². The molecule has 0 bridgehead atoms. The number of nitrogens with zero attached hydrogens (tertiary/aromatic N) is 1. The third-order valence-electron chi connectivity index (χ3n) is 6.42. The number of nitrogens with one attached hydrogen (secondary N) is 2. The number of carbonyl (C=O) groups excluding carboxylic acids is 2. The van der Waals surface area contributed by atoms with E-state index in [0.717, 1.165) is 32.5 Å². The average Bonchev–Trinajstić information content (AvgIpc) is 3.00. The molecule has 0 aliphatic carbocycles. The number of hydrogen-bond donors (Lipinski definition) is 2. The summed E-state index contributed by atoms with van der Waals surface area (Å²) in [6.07, 6.45) is 7.29. The van der Waals surface area contributed by atoms with E-state index in [1.165, 1.54) is 32.2 Å². The SMILES string of the molecule is CCCCCCN1CCC(NC(=O)[C@@]2(CC(=O)OC(C)(C)C)CNC[C@@H]2C)CC1. The van der Waals surface area contributed by atoms with Gasteiger partial charge in [-0.15, -0.1) is 0 Å². The molecule has 6 nitrogen and oxygen atoms in total. The smallest absolute Gasteiger partial charge is 0.307 e. The minimum Gasteiger partial charge on any atom is -0.460 e. The molecule has 2 aliphatic heterocycles. The number of unbranched alkanes of at least 4 members (excludes halogenated alkanes) is 3. The molecular formula is C23H43N3O3. The van der Waals surface area contributed by atoms with Crippen molar-refractivity contribution in [3.8, 4) is 0 Å². The van der Waals surface area contributed by atoms with Crippen LogP contribution in [0.2, 0.25) is 0 Å². The third kappa shape index (κ3) is 7.25. The summed E-state index contributed by atoms with van der Waals surface area (Å²) in [5, 5.41) is 6.60. The summed E-state index contributed by atoms with van der Waals surface area (Å²) in [7, 11) is 0. The van der Waals surface area contributed by atoms with Gasteiger partial charge >= 0.3 is 5.97 Å². The van der Waals surface area contributed by atoms with Crippen LogP contribution in [0.15, 0.2) is 0 Å². The molecule has 2 aliphatic rings. The van der Waals surface area contributed by atoms with Crippen LogP contribution in [0.3, 0.4) is 0 Å². The van der Waals surface area contributed by atoms with Gasteiger partial charge in [0.25, 0.3) is 0 Å². The van der Waals surface area contributed by atoms with Crippen molar-refractivity contribution in [3.63, 3.8) is 0 Å². The number of esters is 1. The van der Waals surface area contributed by atoms with Crippen LogP contribution < -0.4 is 10.6 Å². The molecule has 2 rings (SSSR count). The van der Waals surface area contributed by atoms with Crippen molar-refractivity contribution in [3.05, 3.63) is 0 Å². The largest absolute Gasteiger partial charge is 0.460 e. The minimum absolute atomic E-state index is 0.0160. The van der Waals surface area contributed by atoms with Crippen LogP contribution in [0, 0.1) is 11.3 Å². The zero-order chi connectivity index (χ0) is 21.5.